The number of hydrogen-bond acceptors (Lipinski definition) is 3. The molecule has 0 aromatic heterocycles. The minimum Gasteiger partial charge on any atom is -0.368 e. The van der Waals surface area contributed by atoms with Crippen LogP contribution in [0.5, 0.6) is 0 Å². The van der Waals surface area contributed by atoms with Crippen molar-refractivity contribution in [1.82, 2.24) is 5.32 Å². The van der Waals surface area contributed by atoms with Crippen LogP contribution in [0.4, 0.5) is 5.69 Å². The molecule has 2 fully saturated rings. The second-order valence-corrected chi connectivity index (χ2v) is 6.09. The Morgan fingerprint density at radius 1 is 1.40 bits per heavy atom. The van der Waals surface area contributed by atoms with Crippen molar-refractivity contribution in [2.75, 3.05) is 11.4 Å². The van der Waals surface area contributed by atoms with Crippen molar-refractivity contribution in [3.05, 3.63) is 28.8 Å². The standard InChI is InChI=1S/C15H20ClN3O/c16-13-8-12(19-7-1-2-14(19)15(17)20)6-3-10(13)9-18-11-4-5-11/h3,6,8,11,14,18H,1-2,4-5,7,9H2,(H2,17,20). The molecule has 1 atom stereocenters. The molecule has 1 unspecified atom stereocenters. The molecule has 0 bridgehead atoms. The molecule has 1 aromatic carbocycles. The molecule has 1 saturated heterocycles. The molecule has 3 N–H and O–H groups in total. The van der Waals surface area contributed by atoms with Crippen molar-refractivity contribution in [3.8, 4) is 0 Å². The van der Waals surface area contributed by atoms with Crippen molar-refractivity contribution < 1.29 is 4.79 Å². The topological polar surface area (TPSA) is 58.4 Å². The van der Waals surface area contributed by atoms with E-state index in [-0.39, 0.29) is 11.9 Å². The second-order valence-electron chi connectivity index (χ2n) is 5.68. The first-order chi connectivity index (χ1) is 9.65. The van der Waals surface area contributed by atoms with Gasteiger partial charge in [-0.15, -0.1) is 0 Å². The number of hydrogen-bond donors (Lipinski definition) is 2. The van der Waals surface area contributed by atoms with Gasteiger partial charge in [0.05, 0.1) is 0 Å². The molecule has 1 aliphatic carbocycles. The van der Waals surface area contributed by atoms with Crippen molar-refractivity contribution in [1.29, 1.82) is 0 Å². The summed E-state index contributed by atoms with van der Waals surface area (Å²) in [6, 6.07) is 6.51. The lowest BCUT2D eigenvalue weighted by molar-refractivity contribution is -0.119. The average molecular weight is 294 g/mol. The molecular weight excluding hydrogens is 274 g/mol. The lowest BCUT2D eigenvalue weighted by Gasteiger charge is -2.25. The molecule has 1 aromatic rings. The lowest BCUT2D eigenvalue weighted by Crippen LogP contribution is -2.40. The first-order valence-electron chi connectivity index (χ1n) is 7.23. The number of carbonyl (C=O) groups excluding carboxylic acids is 1. The number of benzene rings is 1. The van der Waals surface area contributed by atoms with E-state index < -0.39 is 0 Å². The third-order valence-corrected chi connectivity index (χ3v) is 4.46. The Morgan fingerprint density at radius 3 is 2.85 bits per heavy atom. The van der Waals surface area contributed by atoms with E-state index in [9.17, 15) is 4.79 Å². The summed E-state index contributed by atoms with van der Waals surface area (Å²) >= 11 is 6.36. The number of primary amides is 1. The first-order valence-corrected chi connectivity index (χ1v) is 7.61. The number of carbonyl (C=O) groups is 1. The second kappa shape index (κ2) is 5.62. The summed E-state index contributed by atoms with van der Waals surface area (Å²) in [6.07, 6.45) is 4.36. The average Bonchev–Trinajstić information content (AvgIpc) is 3.11. The number of amides is 1. The molecule has 5 heteroatoms. The summed E-state index contributed by atoms with van der Waals surface area (Å²) in [4.78, 5) is 13.5. The van der Waals surface area contributed by atoms with Gasteiger partial charge in [-0.3, -0.25) is 4.79 Å². The van der Waals surface area contributed by atoms with E-state index >= 15 is 0 Å². The zero-order valence-corrected chi connectivity index (χ0v) is 12.2. The normalized spacial score (nSPS) is 22.2. The van der Waals surface area contributed by atoms with Gasteiger partial charge in [-0.05, 0) is 43.4 Å². The van der Waals surface area contributed by atoms with E-state index in [1.807, 2.05) is 18.2 Å². The minimum absolute atomic E-state index is 0.193. The Kier molecular flexibility index (Phi) is 3.85. The molecule has 1 aliphatic heterocycles. The molecule has 1 saturated carbocycles. The Labute approximate surface area is 124 Å². The summed E-state index contributed by atoms with van der Waals surface area (Å²) in [7, 11) is 0. The van der Waals surface area contributed by atoms with Gasteiger partial charge in [0.25, 0.3) is 0 Å². The maximum atomic E-state index is 11.5. The van der Waals surface area contributed by atoms with Gasteiger partial charge in [0.2, 0.25) is 5.91 Å². The quantitative estimate of drug-likeness (QED) is 0.873. The fraction of sp³-hybridized carbons (Fsp3) is 0.533. The maximum absolute atomic E-state index is 11.5. The van der Waals surface area contributed by atoms with Gasteiger partial charge >= 0.3 is 0 Å². The van der Waals surface area contributed by atoms with Crippen LogP contribution in [-0.4, -0.2) is 24.5 Å². The van der Waals surface area contributed by atoms with E-state index in [0.29, 0.717) is 6.04 Å². The van der Waals surface area contributed by atoms with Crippen LogP contribution in [0, 0.1) is 0 Å². The van der Waals surface area contributed by atoms with Gasteiger partial charge in [0, 0.05) is 29.8 Å². The highest BCUT2D eigenvalue weighted by Crippen LogP contribution is 2.30. The first kappa shape index (κ1) is 13.7. The molecule has 2 aliphatic rings. The largest absolute Gasteiger partial charge is 0.368 e. The number of rotatable bonds is 5. The zero-order valence-electron chi connectivity index (χ0n) is 11.4. The van der Waals surface area contributed by atoms with Gasteiger partial charge in [-0.1, -0.05) is 17.7 Å². The Hall–Kier alpha value is -1.26. The fourth-order valence-electron chi connectivity index (χ4n) is 2.77. The van der Waals surface area contributed by atoms with Crippen molar-refractivity contribution in [3.63, 3.8) is 0 Å². The fourth-order valence-corrected chi connectivity index (χ4v) is 3.01. The summed E-state index contributed by atoms with van der Waals surface area (Å²) in [5.41, 5.74) is 7.56. The van der Waals surface area contributed by atoms with E-state index in [0.717, 1.165) is 42.2 Å². The SMILES string of the molecule is NC(=O)C1CCCN1c1ccc(CNC2CC2)c(Cl)c1. The van der Waals surface area contributed by atoms with Gasteiger partial charge in [0.1, 0.15) is 6.04 Å². The van der Waals surface area contributed by atoms with Gasteiger partial charge < -0.3 is 16.0 Å². The Morgan fingerprint density at radius 2 is 2.20 bits per heavy atom. The lowest BCUT2D eigenvalue weighted by atomic mass is 10.1. The number of nitrogens with zero attached hydrogens (tertiary/aromatic N) is 1. The summed E-state index contributed by atoms with van der Waals surface area (Å²) < 4.78 is 0. The van der Waals surface area contributed by atoms with Crippen molar-refractivity contribution >= 4 is 23.2 Å². The van der Waals surface area contributed by atoms with Crippen LogP contribution < -0.4 is 16.0 Å². The molecule has 20 heavy (non-hydrogen) atoms. The predicted molar refractivity (Wildman–Crippen MR) is 80.9 cm³/mol. The summed E-state index contributed by atoms with van der Waals surface area (Å²) in [5.74, 6) is -0.252. The zero-order chi connectivity index (χ0) is 14.1. The highest BCUT2D eigenvalue weighted by Gasteiger charge is 2.29. The van der Waals surface area contributed by atoms with E-state index in [2.05, 4.69) is 10.2 Å². The van der Waals surface area contributed by atoms with Gasteiger partial charge in [-0.2, -0.15) is 0 Å². The van der Waals surface area contributed by atoms with Gasteiger partial charge in [0.15, 0.2) is 0 Å². The Balaban J connectivity index is 1.73. The van der Waals surface area contributed by atoms with E-state index in [4.69, 9.17) is 17.3 Å². The van der Waals surface area contributed by atoms with Crippen LogP contribution >= 0.6 is 11.6 Å². The van der Waals surface area contributed by atoms with Crippen LogP contribution in [0.25, 0.3) is 0 Å². The monoisotopic (exact) mass is 293 g/mol. The van der Waals surface area contributed by atoms with Crippen LogP contribution in [0.2, 0.25) is 5.02 Å². The van der Waals surface area contributed by atoms with Crippen LogP contribution in [0.15, 0.2) is 18.2 Å². The van der Waals surface area contributed by atoms with Crippen molar-refractivity contribution in [2.24, 2.45) is 5.73 Å². The molecular formula is C15H20ClN3O. The van der Waals surface area contributed by atoms with Crippen LogP contribution in [0.1, 0.15) is 31.2 Å². The molecule has 0 radical (unpaired) electrons. The molecule has 108 valence electrons. The highest BCUT2D eigenvalue weighted by atomic mass is 35.5. The predicted octanol–water partition coefficient (Wildman–Crippen LogP) is 2.05. The minimum atomic E-state index is -0.252. The molecule has 1 amide bonds. The number of nitrogens with one attached hydrogen (secondary N) is 1. The number of anilines is 1. The van der Waals surface area contributed by atoms with E-state index in [1.54, 1.807) is 0 Å². The summed E-state index contributed by atoms with van der Waals surface area (Å²) in [6.45, 7) is 1.67. The van der Waals surface area contributed by atoms with Crippen LogP contribution in [-0.2, 0) is 11.3 Å². The van der Waals surface area contributed by atoms with E-state index in [1.165, 1.54) is 12.8 Å². The molecule has 4 nitrogen and oxygen atoms in total. The third-order valence-electron chi connectivity index (χ3n) is 4.11. The highest BCUT2D eigenvalue weighted by molar-refractivity contribution is 6.31. The molecule has 1 heterocycles. The Bertz CT molecular complexity index is 516. The van der Waals surface area contributed by atoms with Crippen molar-refractivity contribution in [2.45, 2.75) is 44.3 Å². The third kappa shape index (κ3) is 2.91. The van der Waals surface area contributed by atoms with Crippen LogP contribution in [0.3, 0.4) is 0 Å². The molecule has 3 rings (SSSR count). The smallest absolute Gasteiger partial charge is 0.240 e. The van der Waals surface area contributed by atoms with Gasteiger partial charge in [-0.25, -0.2) is 0 Å². The maximum Gasteiger partial charge on any atom is 0.240 e. The summed E-state index contributed by atoms with van der Waals surface area (Å²) in [5, 5.41) is 4.21. The molecule has 0 spiro atoms. The number of nitrogens with two attached hydrogens (primary N) is 1. The number of halogens is 1.